The van der Waals surface area contributed by atoms with E-state index in [4.69, 9.17) is 0 Å². The first-order valence-corrected chi connectivity index (χ1v) is 9.50. The highest BCUT2D eigenvalue weighted by Gasteiger charge is 2.20. The summed E-state index contributed by atoms with van der Waals surface area (Å²) >= 11 is 1.72. The molecule has 3 aromatic rings. The van der Waals surface area contributed by atoms with E-state index in [1.54, 1.807) is 35.0 Å². The van der Waals surface area contributed by atoms with Crippen LogP contribution in [-0.4, -0.2) is 31.6 Å². The number of benzene rings is 1. The summed E-state index contributed by atoms with van der Waals surface area (Å²) in [4.78, 5) is 24.8. The summed E-state index contributed by atoms with van der Waals surface area (Å²) in [6.45, 7) is 0. The Bertz CT molecular complexity index is 940. The Morgan fingerprint density at radius 2 is 1.84 bits per heavy atom. The van der Waals surface area contributed by atoms with Crippen molar-refractivity contribution < 1.29 is 4.79 Å². The first-order chi connectivity index (χ1) is 12.0. The Kier molecular flexibility index (Phi) is 5.03. The Balaban J connectivity index is 1.87. The number of thioether (sulfide) groups is 1. The van der Waals surface area contributed by atoms with Crippen molar-refractivity contribution in [2.45, 2.75) is 12.5 Å². The van der Waals surface area contributed by atoms with Crippen LogP contribution >= 0.6 is 11.8 Å². The zero-order valence-corrected chi connectivity index (χ0v) is 15.4. The van der Waals surface area contributed by atoms with E-state index in [9.17, 15) is 9.59 Å². The highest BCUT2D eigenvalue weighted by Crippen LogP contribution is 2.21. The van der Waals surface area contributed by atoms with Crippen molar-refractivity contribution in [1.82, 2.24) is 13.7 Å². The summed E-state index contributed by atoms with van der Waals surface area (Å²) in [7, 11) is 3.48. The maximum atomic E-state index is 12.8. The molecule has 1 amide bonds. The van der Waals surface area contributed by atoms with Crippen LogP contribution in [0.2, 0.25) is 0 Å². The number of amides is 1. The van der Waals surface area contributed by atoms with Gasteiger partial charge in [0.05, 0.1) is 11.0 Å². The highest BCUT2D eigenvalue weighted by molar-refractivity contribution is 7.98. The lowest BCUT2D eigenvalue weighted by Crippen LogP contribution is -2.26. The smallest absolute Gasteiger partial charge is 0.328 e. The van der Waals surface area contributed by atoms with Gasteiger partial charge in [-0.05, 0) is 48.8 Å². The second-order valence-electron chi connectivity index (χ2n) is 6.02. The number of rotatable bonds is 6. The maximum absolute atomic E-state index is 12.8. The van der Waals surface area contributed by atoms with Crippen molar-refractivity contribution in [3.63, 3.8) is 0 Å². The van der Waals surface area contributed by atoms with Crippen LogP contribution in [0, 0.1) is 0 Å². The molecule has 3 rings (SSSR count). The quantitative estimate of drug-likeness (QED) is 0.737. The van der Waals surface area contributed by atoms with Crippen molar-refractivity contribution in [3.8, 4) is 0 Å². The van der Waals surface area contributed by atoms with Gasteiger partial charge in [0.25, 0.3) is 0 Å². The molecule has 7 heteroatoms. The normalized spacial score (nSPS) is 12.4. The number of hydrogen-bond acceptors (Lipinski definition) is 3. The number of aryl methyl sites for hydroxylation is 2. The standard InChI is InChI=1S/C18H22N4O2S/c1-20-14-7-6-13(12-16(14)21(2)18(20)24)19-17(23)15(8-11-25-3)22-9-4-5-10-22/h4-7,9-10,12,15H,8,11H2,1-3H3,(H,19,23)/t15-/m0/s1. The molecule has 0 aliphatic heterocycles. The van der Waals surface area contributed by atoms with Gasteiger partial charge in [0.15, 0.2) is 0 Å². The fourth-order valence-corrected chi connectivity index (χ4v) is 3.47. The monoisotopic (exact) mass is 358 g/mol. The van der Waals surface area contributed by atoms with E-state index in [1.807, 2.05) is 53.5 Å². The van der Waals surface area contributed by atoms with Crippen LogP contribution < -0.4 is 11.0 Å². The van der Waals surface area contributed by atoms with E-state index in [-0.39, 0.29) is 17.6 Å². The third-order valence-electron chi connectivity index (χ3n) is 4.42. The fourth-order valence-electron chi connectivity index (χ4n) is 3.01. The first kappa shape index (κ1) is 17.4. The van der Waals surface area contributed by atoms with Gasteiger partial charge in [0.2, 0.25) is 5.91 Å². The lowest BCUT2D eigenvalue weighted by molar-refractivity contribution is -0.119. The Hall–Kier alpha value is -2.41. The van der Waals surface area contributed by atoms with E-state index >= 15 is 0 Å². The van der Waals surface area contributed by atoms with Crippen LogP contribution in [-0.2, 0) is 18.9 Å². The van der Waals surface area contributed by atoms with Gasteiger partial charge in [0.1, 0.15) is 6.04 Å². The van der Waals surface area contributed by atoms with E-state index in [2.05, 4.69) is 5.32 Å². The second-order valence-corrected chi connectivity index (χ2v) is 7.01. The van der Waals surface area contributed by atoms with E-state index in [1.165, 1.54) is 0 Å². The number of imidazole rings is 1. The summed E-state index contributed by atoms with van der Waals surface area (Å²) in [6.07, 6.45) is 6.62. The summed E-state index contributed by atoms with van der Waals surface area (Å²) in [5.74, 6) is 0.855. The number of nitrogens with one attached hydrogen (secondary N) is 1. The minimum absolute atomic E-state index is 0.0504. The molecule has 1 atom stereocenters. The Labute approximate surface area is 150 Å². The second kappa shape index (κ2) is 7.23. The number of hydrogen-bond donors (Lipinski definition) is 1. The molecule has 0 saturated carbocycles. The third-order valence-corrected chi connectivity index (χ3v) is 5.07. The van der Waals surface area contributed by atoms with Gasteiger partial charge in [-0.1, -0.05) is 0 Å². The number of aromatic nitrogens is 3. The number of carbonyl (C=O) groups is 1. The van der Waals surface area contributed by atoms with Gasteiger partial charge in [-0.15, -0.1) is 0 Å². The van der Waals surface area contributed by atoms with Gasteiger partial charge in [-0.3, -0.25) is 13.9 Å². The van der Waals surface area contributed by atoms with E-state index in [0.29, 0.717) is 5.69 Å². The molecule has 2 aromatic heterocycles. The van der Waals surface area contributed by atoms with E-state index < -0.39 is 0 Å². The Morgan fingerprint density at radius 3 is 2.52 bits per heavy atom. The molecule has 0 fully saturated rings. The zero-order chi connectivity index (χ0) is 18.0. The van der Waals surface area contributed by atoms with Crippen LogP contribution in [0.15, 0.2) is 47.5 Å². The minimum atomic E-state index is -0.252. The number of anilines is 1. The molecule has 0 spiro atoms. The molecule has 0 bridgehead atoms. The van der Waals surface area contributed by atoms with Crippen molar-refractivity contribution in [1.29, 1.82) is 0 Å². The van der Waals surface area contributed by atoms with Gasteiger partial charge >= 0.3 is 5.69 Å². The van der Waals surface area contributed by atoms with Crippen LogP contribution in [0.1, 0.15) is 12.5 Å². The predicted molar refractivity (Wildman–Crippen MR) is 103 cm³/mol. The molecule has 132 valence electrons. The lowest BCUT2D eigenvalue weighted by atomic mass is 10.2. The summed E-state index contributed by atoms with van der Waals surface area (Å²) in [6, 6.07) is 9.13. The summed E-state index contributed by atoms with van der Waals surface area (Å²) in [5, 5.41) is 2.99. The average molecular weight is 358 g/mol. The summed E-state index contributed by atoms with van der Waals surface area (Å²) < 4.78 is 5.12. The largest absolute Gasteiger partial charge is 0.342 e. The SMILES string of the molecule is CSCC[C@@H](C(=O)Nc1ccc2c(c1)n(C)c(=O)n2C)n1cccc1. The van der Waals surface area contributed by atoms with Crippen LogP contribution in [0.4, 0.5) is 5.69 Å². The Morgan fingerprint density at radius 1 is 1.16 bits per heavy atom. The van der Waals surface area contributed by atoms with E-state index in [0.717, 1.165) is 23.2 Å². The molecule has 0 saturated heterocycles. The van der Waals surface area contributed by atoms with Gasteiger partial charge < -0.3 is 9.88 Å². The molecule has 0 radical (unpaired) electrons. The third kappa shape index (κ3) is 3.37. The molecular formula is C18H22N4O2S. The summed E-state index contributed by atoms with van der Waals surface area (Å²) in [5.41, 5.74) is 2.26. The molecule has 0 aliphatic rings. The molecule has 1 N–H and O–H groups in total. The van der Waals surface area contributed by atoms with Crippen molar-refractivity contribution >= 4 is 34.4 Å². The minimum Gasteiger partial charge on any atom is -0.342 e. The van der Waals surface area contributed by atoms with Gasteiger partial charge in [-0.2, -0.15) is 11.8 Å². The molecular weight excluding hydrogens is 336 g/mol. The van der Waals surface area contributed by atoms with Crippen molar-refractivity contribution in [3.05, 3.63) is 53.2 Å². The molecule has 6 nitrogen and oxygen atoms in total. The first-order valence-electron chi connectivity index (χ1n) is 8.10. The van der Waals surface area contributed by atoms with Gasteiger partial charge in [0, 0.05) is 32.2 Å². The highest BCUT2D eigenvalue weighted by atomic mass is 32.2. The molecule has 0 unspecified atom stereocenters. The predicted octanol–water partition coefficient (Wildman–Crippen LogP) is 2.61. The number of nitrogens with zero attached hydrogens (tertiary/aromatic N) is 3. The molecule has 2 heterocycles. The van der Waals surface area contributed by atoms with Crippen LogP contribution in [0.25, 0.3) is 11.0 Å². The lowest BCUT2D eigenvalue weighted by Gasteiger charge is -2.18. The fraction of sp³-hybridized carbons (Fsp3) is 0.333. The van der Waals surface area contributed by atoms with Crippen molar-refractivity contribution in [2.24, 2.45) is 14.1 Å². The topological polar surface area (TPSA) is 61.0 Å². The van der Waals surface area contributed by atoms with Crippen molar-refractivity contribution in [2.75, 3.05) is 17.3 Å². The van der Waals surface area contributed by atoms with Gasteiger partial charge in [-0.25, -0.2) is 4.79 Å². The number of fused-ring (bicyclic) bond motifs is 1. The average Bonchev–Trinajstić information content (AvgIpc) is 3.20. The maximum Gasteiger partial charge on any atom is 0.328 e. The zero-order valence-electron chi connectivity index (χ0n) is 14.6. The number of carbonyl (C=O) groups excluding carboxylic acids is 1. The molecule has 0 aliphatic carbocycles. The molecule has 25 heavy (non-hydrogen) atoms. The molecule has 1 aromatic carbocycles. The van der Waals surface area contributed by atoms with Crippen LogP contribution in [0.3, 0.4) is 0 Å². The van der Waals surface area contributed by atoms with Crippen LogP contribution in [0.5, 0.6) is 0 Å².